The molecule has 2 aromatic carbocycles. The number of carbonyl (C=O) groups is 3. The second-order valence-corrected chi connectivity index (χ2v) is 9.16. The number of rotatable bonds is 10. The Morgan fingerprint density at radius 1 is 0.947 bits per heavy atom. The Balaban J connectivity index is 1.74. The molecular formula is C29H28BrFO7. The summed E-state index contributed by atoms with van der Waals surface area (Å²) < 4.78 is 37.6. The Morgan fingerprint density at radius 3 is 2.05 bits per heavy atom. The molecule has 1 saturated heterocycles. The number of hydrogen-bond acceptors (Lipinski definition) is 7. The van der Waals surface area contributed by atoms with Crippen molar-refractivity contribution < 1.29 is 37.7 Å². The highest BCUT2D eigenvalue weighted by atomic mass is 79.9. The van der Waals surface area contributed by atoms with Gasteiger partial charge in [-0.3, -0.25) is 0 Å². The molecule has 0 saturated carbocycles. The first-order valence-electron chi connectivity index (χ1n) is 12.0. The number of alkyl halides is 2. The zero-order valence-corrected chi connectivity index (χ0v) is 22.3. The summed E-state index contributed by atoms with van der Waals surface area (Å²) in [4.78, 5) is 37.8. The molecule has 2 aromatic rings. The van der Waals surface area contributed by atoms with Crippen LogP contribution in [0, 0.1) is 0 Å². The number of allylic oxidation sites excluding steroid dienone is 3. The van der Waals surface area contributed by atoms with Crippen LogP contribution in [0.1, 0.15) is 34.1 Å². The lowest BCUT2D eigenvalue weighted by atomic mass is 10.0. The van der Waals surface area contributed by atoms with Crippen LogP contribution < -0.4 is 0 Å². The molecule has 9 heteroatoms. The van der Waals surface area contributed by atoms with Crippen molar-refractivity contribution >= 4 is 33.8 Å². The highest BCUT2D eigenvalue weighted by molar-refractivity contribution is 9.09. The molecule has 3 rings (SSSR count). The Kier molecular flexibility index (Phi) is 11.0. The zero-order chi connectivity index (χ0) is 27.5. The second kappa shape index (κ2) is 14.4. The number of hydrogen-bond donors (Lipinski definition) is 0. The van der Waals surface area contributed by atoms with Gasteiger partial charge in [-0.05, 0) is 36.8 Å². The van der Waals surface area contributed by atoms with Gasteiger partial charge in [0, 0.05) is 0 Å². The standard InChI is InChI=1S/C29H28BrFO7/c1-3-4-5-8-13-19(2)27(32)35-18-22-23(31)24(37-28(33)20-14-9-6-10-15-20)25(26(30)36-22)38-29(34)21-16-11-7-12-17-21/h4-17,22-26H,2-3,18H2,1H3/b5-4-,13-8-. The maximum atomic E-state index is 15.8. The topological polar surface area (TPSA) is 88.1 Å². The van der Waals surface area contributed by atoms with Crippen molar-refractivity contribution in [3.8, 4) is 0 Å². The molecule has 200 valence electrons. The lowest BCUT2D eigenvalue weighted by molar-refractivity contribution is -0.191. The molecule has 0 aromatic heterocycles. The molecule has 0 spiro atoms. The van der Waals surface area contributed by atoms with Crippen LogP contribution in [0.25, 0.3) is 0 Å². The van der Waals surface area contributed by atoms with Crippen LogP contribution in [0.15, 0.2) is 97.1 Å². The number of carbonyl (C=O) groups excluding carboxylic acids is 3. The van der Waals surface area contributed by atoms with E-state index in [2.05, 4.69) is 22.5 Å². The third-order valence-corrected chi connectivity index (χ3v) is 6.22. The van der Waals surface area contributed by atoms with Gasteiger partial charge in [0.25, 0.3) is 0 Å². The zero-order valence-electron chi connectivity index (χ0n) is 20.7. The highest BCUT2D eigenvalue weighted by Gasteiger charge is 2.50. The molecule has 1 aliphatic heterocycles. The normalized spacial score (nSPS) is 23.2. The first kappa shape index (κ1) is 29.0. The summed E-state index contributed by atoms with van der Waals surface area (Å²) in [5.41, 5.74) is 0.481. The SMILES string of the molecule is C=C(/C=C\C=C/CC)C(=O)OCC1OC(Br)C(OC(=O)c2ccccc2)C(OC(=O)c2ccccc2)C1F. The fourth-order valence-corrected chi connectivity index (χ4v) is 4.17. The smallest absolute Gasteiger partial charge is 0.338 e. The highest BCUT2D eigenvalue weighted by Crippen LogP contribution is 2.32. The van der Waals surface area contributed by atoms with Crippen molar-refractivity contribution in [2.24, 2.45) is 0 Å². The predicted octanol–water partition coefficient (Wildman–Crippen LogP) is 5.52. The molecule has 0 aliphatic carbocycles. The summed E-state index contributed by atoms with van der Waals surface area (Å²) in [6.45, 7) is 5.13. The minimum atomic E-state index is -1.99. The molecule has 0 bridgehead atoms. The Labute approximate surface area is 229 Å². The Hall–Kier alpha value is -3.56. The molecular weight excluding hydrogens is 559 g/mol. The van der Waals surface area contributed by atoms with Crippen molar-refractivity contribution in [2.75, 3.05) is 6.61 Å². The molecule has 38 heavy (non-hydrogen) atoms. The average molecular weight is 587 g/mol. The van der Waals surface area contributed by atoms with Gasteiger partial charge in [0.05, 0.1) is 16.7 Å². The predicted molar refractivity (Wildman–Crippen MR) is 142 cm³/mol. The number of halogens is 2. The van der Waals surface area contributed by atoms with Crippen LogP contribution in [0.4, 0.5) is 4.39 Å². The number of esters is 3. The molecule has 7 nitrogen and oxygen atoms in total. The third-order valence-electron chi connectivity index (χ3n) is 5.48. The van der Waals surface area contributed by atoms with Crippen molar-refractivity contribution in [3.05, 3.63) is 108 Å². The molecule has 0 radical (unpaired) electrons. The lowest BCUT2D eigenvalue weighted by Gasteiger charge is -2.40. The molecule has 5 unspecified atom stereocenters. The van der Waals surface area contributed by atoms with E-state index in [1.54, 1.807) is 48.6 Å². The van der Waals surface area contributed by atoms with Crippen LogP contribution in [-0.4, -0.2) is 54.0 Å². The van der Waals surface area contributed by atoms with Crippen LogP contribution >= 0.6 is 15.9 Å². The summed E-state index contributed by atoms with van der Waals surface area (Å²) >= 11 is 3.26. The first-order valence-corrected chi connectivity index (χ1v) is 12.9. The largest absolute Gasteiger partial charge is 0.459 e. The van der Waals surface area contributed by atoms with E-state index >= 15 is 4.39 Å². The Morgan fingerprint density at radius 2 is 1.50 bits per heavy atom. The second-order valence-electron chi connectivity index (χ2n) is 8.26. The van der Waals surface area contributed by atoms with Gasteiger partial charge >= 0.3 is 17.9 Å². The van der Waals surface area contributed by atoms with Crippen molar-refractivity contribution in [3.63, 3.8) is 0 Å². The van der Waals surface area contributed by atoms with E-state index in [9.17, 15) is 14.4 Å². The maximum absolute atomic E-state index is 15.8. The lowest BCUT2D eigenvalue weighted by Crippen LogP contribution is -2.58. The number of benzene rings is 2. The third kappa shape index (κ3) is 7.97. The average Bonchev–Trinajstić information content (AvgIpc) is 2.94. The van der Waals surface area contributed by atoms with E-state index in [0.717, 1.165) is 6.42 Å². The van der Waals surface area contributed by atoms with E-state index in [1.165, 1.54) is 30.3 Å². The van der Waals surface area contributed by atoms with Crippen molar-refractivity contribution in [1.82, 2.24) is 0 Å². The van der Waals surface area contributed by atoms with Crippen molar-refractivity contribution in [2.45, 2.75) is 42.8 Å². The summed E-state index contributed by atoms with van der Waals surface area (Å²) in [5, 5.41) is -1.07. The summed E-state index contributed by atoms with van der Waals surface area (Å²) in [5.74, 6) is -2.32. The minimum absolute atomic E-state index is 0.0640. The van der Waals surface area contributed by atoms with Gasteiger partial charge in [0.1, 0.15) is 12.7 Å². The van der Waals surface area contributed by atoms with Gasteiger partial charge in [-0.1, -0.05) is 84.1 Å². The molecule has 1 aliphatic rings. The monoisotopic (exact) mass is 586 g/mol. The van der Waals surface area contributed by atoms with Gasteiger partial charge in [0.15, 0.2) is 23.4 Å². The van der Waals surface area contributed by atoms with Crippen LogP contribution in [0.5, 0.6) is 0 Å². The number of ether oxygens (including phenoxy) is 4. The van der Waals surface area contributed by atoms with E-state index in [0.29, 0.717) is 0 Å². The van der Waals surface area contributed by atoms with E-state index < -0.39 is 54.0 Å². The molecule has 1 heterocycles. The fourth-order valence-electron chi connectivity index (χ4n) is 3.48. The summed E-state index contributed by atoms with van der Waals surface area (Å²) in [6, 6.07) is 16.1. The molecule has 5 atom stereocenters. The quantitative estimate of drug-likeness (QED) is 0.119. The summed E-state index contributed by atoms with van der Waals surface area (Å²) in [7, 11) is 0. The molecule has 1 fully saturated rings. The fraction of sp³-hybridized carbons (Fsp3) is 0.276. The van der Waals surface area contributed by atoms with Gasteiger partial charge in [0.2, 0.25) is 0 Å². The molecule has 0 amide bonds. The first-order chi connectivity index (χ1) is 18.3. The van der Waals surface area contributed by atoms with Crippen molar-refractivity contribution in [1.29, 1.82) is 0 Å². The van der Waals surface area contributed by atoms with E-state index in [4.69, 9.17) is 18.9 Å². The summed E-state index contributed by atoms with van der Waals surface area (Å²) in [6.07, 6.45) is 1.41. The van der Waals surface area contributed by atoms with Gasteiger partial charge in [-0.2, -0.15) is 0 Å². The van der Waals surface area contributed by atoms with E-state index in [-0.39, 0.29) is 16.7 Å². The minimum Gasteiger partial charge on any atom is -0.459 e. The van der Waals surface area contributed by atoms with Gasteiger partial charge in [-0.15, -0.1) is 0 Å². The Bertz CT molecular complexity index is 1170. The van der Waals surface area contributed by atoms with Crippen LogP contribution in [0.3, 0.4) is 0 Å². The van der Waals surface area contributed by atoms with Gasteiger partial charge < -0.3 is 18.9 Å². The molecule has 0 N–H and O–H groups in total. The van der Waals surface area contributed by atoms with Crippen LogP contribution in [-0.2, 0) is 23.7 Å². The van der Waals surface area contributed by atoms with Gasteiger partial charge in [-0.25, -0.2) is 18.8 Å². The van der Waals surface area contributed by atoms with E-state index in [1.807, 2.05) is 13.0 Å². The van der Waals surface area contributed by atoms with Crippen LogP contribution in [0.2, 0.25) is 0 Å². The maximum Gasteiger partial charge on any atom is 0.338 e.